The number of nitrogens with one attached hydrogen (secondary N) is 3. The first-order valence-corrected chi connectivity index (χ1v) is 8.16. The number of rotatable bonds is 7. The Morgan fingerprint density at radius 2 is 1.96 bits per heavy atom. The van der Waals surface area contributed by atoms with Crippen LogP contribution in [0.4, 0.5) is 16.3 Å². The fourth-order valence-corrected chi connectivity index (χ4v) is 2.34. The summed E-state index contributed by atoms with van der Waals surface area (Å²) in [5.74, 6) is 2.11. The first-order chi connectivity index (χ1) is 12.2. The van der Waals surface area contributed by atoms with E-state index >= 15 is 0 Å². The highest BCUT2D eigenvalue weighted by Crippen LogP contribution is 2.27. The minimum Gasteiger partial charge on any atom is -0.493 e. The molecule has 1 heterocycles. The van der Waals surface area contributed by atoms with Crippen LogP contribution in [0.15, 0.2) is 36.5 Å². The van der Waals surface area contributed by atoms with Gasteiger partial charge in [-0.05, 0) is 42.7 Å². The maximum Gasteiger partial charge on any atom is 0.319 e. The summed E-state index contributed by atoms with van der Waals surface area (Å²) >= 11 is 0. The maximum atomic E-state index is 11.7. The normalized spacial score (nSPS) is 13.0. The van der Waals surface area contributed by atoms with Gasteiger partial charge >= 0.3 is 6.03 Å². The molecule has 2 aromatic rings. The Morgan fingerprint density at radius 1 is 1.16 bits per heavy atom. The van der Waals surface area contributed by atoms with Crippen molar-refractivity contribution in [1.29, 1.82) is 0 Å². The van der Waals surface area contributed by atoms with E-state index < -0.39 is 0 Å². The molecule has 3 N–H and O–H groups in total. The number of carbonyl (C=O) groups excluding carboxylic acids is 1. The lowest BCUT2D eigenvalue weighted by Crippen LogP contribution is -2.30. The van der Waals surface area contributed by atoms with Crippen LogP contribution in [0.2, 0.25) is 0 Å². The number of pyridine rings is 1. The van der Waals surface area contributed by atoms with Gasteiger partial charge in [-0.15, -0.1) is 0 Å². The van der Waals surface area contributed by atoms with Crippen LogP contribution >= 0.6 is 0 Å². The van der Waals surface area contributed by atoms with Gasteiger partial charge in [0.15, 0.2) is 11.5 Å². The van der Waals surface area contributed by atoms with Crippen molar-refractivity contribution in [2.45, 2.75) is 25.4 Å². The summed E-state index contributed by atoms with van der Waals surface area (Å²) in [6.45, 7) is 0.599. The van der Waals surface area contributed by atoms with Crippen LogP contribution in [-0.4, -0.2) is 31.3 Å². The summed E-state index contributed by atoms with van der Waals surface area (Å²) in [6, 6.07) is 9.54. The van der Waals surface area contributed by atoms with E-state index in [0.29, 0.717) is 29.8 Å². The SMILES string of the molecule is COc1ccc(CNc2ccc(NC(=O)NC3CC3)cn2)cc1OC. The lowest BCUT2D eigenvalue weighted by Gasteiger charge is -2.11. The van der Waals surface area contributed by atoms with E-state index in [1.54, 1.807) is 20.4 Å². The number of hydrogen-bond acceptors (Lipinski definition) is 5. The molecular weight excluding hydrogens is 320 g/mol. The highest BCUT2D eigenvalue weighted by molar-refractivity contribution is 5.89. The lowest BCUT2D eigenvalue weighted by molar-refractivity contribution is 0.251. The van der Waals surface area contributed by atoms with E-state index in [1.807, 2.05) is 30.3 Å². The fraction of sp³-hybridized carbons (Fsp3) is 0.333. The molecule has 0 unspecified atom stereocenters. The highest BCUT2D eigenvalue weighted by atomic mass is 16.5. The minimum atomic E-state index is -0.185. The number of benzene rings is 1. The van der Waals surface area contributed by atoms with Crippen LogP contribution < -0.4 is 25.4 Å². The average Bonchev–Trinajstić information content (AvgIpc) is 3.44. The number of carbonyl (C=O) groups is 1. The zero-order valence-electron chi connectivity index (χ0n) is 14.3. The van der Waals surface area contributed by atoms with Crippen molar-refractivity contribution in [2.75, 3.05) is 24.9 Å². The molecule has 1 aliphatic carbocycles. The van der Waals surface area contributed by atoms with Crippen molar-refractivity contribution in [3.8, 4) is 11.5 Å². The molecule has 0 bridgehead atoms. The minimum absolute atomic E-state index is 0.185. The molecule has 2 amide bonds. The van der Waals surface area contributed by atoms with Crippen molar-refractivity contribution in [2.24, 2.45) is 0 Å². The fourth-order valence-electron chi connectivity index (χ4n) is 2.34. The summed E-state index contributed by atoms with van der Waals surface area (Å²) in [5, 5.41) is 8.88. The zero-order valence-corrected chi connectivity index (χ0v) is 14.3. The second-order valence-electron chi connectivity index (χ2n) is 5.85. The van der Waals surface area contributed by atoms with Gasteiger partial charge in [0.1, 0.15) is 5.82 Å². The number of anilines is 2. The molecule has 3 rings (SSSR count). The van der Waals surface area contributed by atoms with Crippen LogP contribution in [0.3, 0.4) is 0 Å². The molecule has 0 radical (unpaired) electrons. The van der Waals surface area contributed by atoms with E-state index in [1.165, 1.54) is 0 Å². The Labute approximate surface area is 146 Å². The molecule has 1 fully saturated rings. The van der Waals surface area contributed by atoms with Crippen LogP contribution in [0.25, 0.3) is 0 Å². The predicted octanol–water partition coefficient (Wildman–Crippen LogP) is 2.99. The van der Waals surface area contributed by atoms with Crippen molar-refractivity contribution in [1.82, 2.24) is 10.3 Å². The van der Waals surface area contributed by atoms with Gasteiger partial charge in [0.2, 0.25) is 0 Å². The topological polar surface area (TPSA) is 84.5 Å². The molecule has 7 heteroatoms. The van der Waals surface area contributed by atoms with Crippen LogP contribution in [0.1, 0.15) is 18.4 Å². The Bertz CT molecular complexity index is 730. The van der Waals surface area contributed by atoms with Gasteiger partial charge in [-0.3, -0.25) is 0 Å². The van der Waals surface area contributed by atoms with Crippen molar-refractivity contribution >= 4 is 17.5 Å². The standard InChI is InChI=1S/C18H22N4O3/c1-24-15-7-3-12(9-16(15)25-2)10-19-17-8-6-14(11-20-17)22-18(23)21-13-4-5-13/h3,6-9,11,13H,4-5,10H2,1-2H3,(H,19,20)(H2,21,22,23). The summed E-state index contributed by atoms with van der Waals surface area (Å²) in [6.07, 6.45) is 3.75. The molecule has 25 heavy (non-hydrogen) atoms. The van der Waals surface area contributed by atoms with E-state index in [2.05, 4.69) is 20.9 Å². The van der Waals surface area contributed by atoms with E-state index in [4.69, 9.17) is 9.47 Å². The Hall–Kier alpha value is -2.96. The number of aromatic nitrogens is 1. The second kappa shape index (κ2) is 7.74. The molecule has 0 atom stereocenters. The molecule has 7 nitrogen and oxygen atoms in total. The number of methoxy groups -OCH3 is 2. The van der Waals surface area contributed by atoms with E-state index in [-0.39, 0.29) is 6.03 Å². The highest BCUT2D eigenvalue weighted by Gasteiger charge is 2.23. The Morgan fingerprint density at radius 3 is 2.60 bits per heavy atom. The largest absolute Gasteiger partial charge is 0.493 e. The molecular formula is C18H22N4O3. The third-order valence-corrected chi connectivity index (χ3v) is 3.86. The molecule has 0 aliphatic heterocycles. The van der Waals surface area contributed by atoms with Crippen LogP contribution in [0.5, 0.6) is 11.5 Å². The predicted molar refractivity (Wildman–Crippen MR) is 96.3 cm³/mol. The second-order valence-corrected chi connectivity index (χ2v) is 5.85. The van der Waals surface area contributed by atoms with Gasteiger partial charge in [0.05, 0.1) is 26.1 Å². The van der Waals surface area contributed by atoms with Gasteiger partial charge in [-0.25, -0.2) is 9.78 Å². The third-order valence-electron chi connectivity index (χ3n) is 3.86. The molecule has 1 aromatic carbocycles. The summed E-state index contributed by atoms with van der Waals surface area (Å²) in [5.41, 5.74) is 1.71. The van der Waals surface area contributed by atoms with Gasteiger partial charge in [0.25, 0.3) is 0 Å². The number of amides is 2. The molecule has 132 valence electrons. The van der Waals surface area contributed by atoms with Crippen molar-refractivity contribution < 1.29 is 14.3 Å². The summed E-state index contributed by atoms with van der Waals surface area (Å²) in [7, 11) is 3.22. The first-order valence-electron chi connectivity index (χ1n) is 8.16. The Balaban J connectivity index is 1.53. The number of urea groups is 1. The quantitative estimate of drug-likeness (QED) is 0.720. The van der Waals surface area contributed by atoms with Gasteiger partial charge in [0, 0.05) is 12.6 Å². The molecule has 1 aliphatic rings. The number of hydrogen-bond donors (Lipinski definition) is 3. The zero-order chi connectivity index (χ0) is 17.6. The van der Waals surface area contributed by atoms with Crippen LogP contribution in [0, 0.1) is 0 Å². The van der Waals surface area contributed by atoms with Gasteiger partial charge in [-0.2, -0.15) is 0 Å². The smallest absolute Gasteiger partial charge is 0.319 e. The van der Waals surface area contributed by atoms with Crippen molar-refractivity contribution in [3.05, 3.63) is 42.1 Å². The Kier molecular flexibility index (Phi) is 5.23. The first kappa shape index (κ1) is 16.9. The van der Waals surface area contributed by atoms with Gasteiger partial charge in [-0.1, -0.05) is 6.07 Å². The number of ether oxygens (including phenoxy) is 2. The monoisotopic (exact) mass is 342 g/mol. The molecule has 0 saturated heterocycles. The molecule has 1 saturated carbocycles. The van der Waals surface area contributed by atoms with E-state index in [9.17, 15) is 4.79 Å². The molecule has 1 aromatic heterocycles. The summed E-state index contributed by atoms with van der Waals surface area (Å²) in [4.78, 5) is 16.0. The molecule has 0 spiro atoms. The van der Waals surface area contributed by atoms with Crippen molar-refractivity contribution in [3.63, 3.8) is 0 Å². The third kappa shape index (κ3) is 4.76. The summed E-state index contributed by atoms with van der Waals surface area (Å²) < 4.78 is 10.5. The van der Waals surface area contributed by atoms with Gasteiger partial charge < -0.3 is 25.4 Å². The maximum absolute atomic E-state index is 11.7. The average molecular weight is 342 g/mol. The van der Waals surface area contributed by atoms with E-state index in [0.717, 1.165) is 24.2 Å². The van der Waals surface area contributed by atoms with Crippen LogP contribution in [-0.2, 0) is 6.54 Å². The number of nitrogens with zero attached hydrogens (tertiary/aromatic N) is 1. The lowest BCUT2D eigenvalue weighted by atomic mass is 10.2.